The minimum absolute atomic E-state index is 0.188. The average molecular weight is 299 g/mol. The van der Waals surface area contributed by atoms with Gasteiger partial charge in [-0.2, -0.15) is 0 Å². The third-order valence-corrected chi connectivity index (χ3v) is 6.38. The van der Waals surface area contributed by atoms with Crippen LogP contribution in [0.3, 0.4) is 0 Å². The van der Waals surface area contributed by atoms with Crippen molar-refractivity contribution in [3.8, 4) is 0 Å². The van der Waals surface area contributed by atoms with E-state index in [9.17, 15) is 9.90 Å². The van der Waals surface area contributed by atoms with Crippen molar-refractivity contribution >= 4 is 5.91 Å². The molecule has 3 aliphatic rings. The number of amides is 1. The van der Waals surface area contributed by atoms with Crippen molar-refractivity contribution in [3.63, 3.8) is 0 Å². The van der Waals surface area contributed by atoms with E-state index in [1.807, 2.05) is 23.1 Å². The Kier molecular flexibility index (Phi) is 3.12. The van der Waals surface area contributed by atoms with Gasteiger partial charge < -0.3 is 10.0 Å². The fraction of sp³-hybridized carbons (Fsp3) is 0.632. The lowest BCUT2D eigenvalue weighted by molar-refractivity contribution is -0.135. The number of benzene rings is 1. The minimum atomic E-state index is -0.652. The molecular weight excluding hydrogens is 274 g/mol. The monoisotopic (exact) mass is 299 g/mol. The van der Waals surface area contributed by atoms with Gasteiger partial charge in [0.25, 0.3) is 0 Å². The highest BCUT2D eigenvalue weighted by atomic mass is 16.3. The number of β-amino-alcohol motifs (C(OH)–C–C–N with tert-alkyl or cyclic N) is 1. The minimum Gasteiger partial charge on any atom is -0.387 e. The van der Waals surface area contributed by atoms with E-state index < -0.39 is 5.60 Å². The van der Waals surface area contributed by atoms with Crippen LogP contribution in [0.4, 0.5) is 0 Å². The normalized spacial score (nSPS) is 33.5. The lowest BCUT2D eigenvalue weighted by atomic mass is 9.69. The molecule has 2 aliphatic carbocycles. The average Bonchev–Trinajstić information content (AvgIpc) is 3.21. The fourth-order valence-corrected chi connectivity index (χ4v) is 4.42. The van der Waals surface area contributed by atoms with Crippen LogP contribution in [0.5, 0.6) is 0 Å². The maximum Gasteiger partial charge on any atom is 0.233 e. The van der Waals surface area contributed by atoms with E-state index in [2.05, 4.69) is 19.1 Å². The Bertz CT molecular complexity index is 576. The molecule has 3 nitrogen and oxygen atoms in total. The Labute approximate surface area is 132 Å². The van der Waals surface area contributed by atoms with Crippen molar-refractivity contribution < 1.29 is 9.90 Å². The smallest absolute Gasteiger partial charge is 0.233 e. The largest absolute Gasteiger partial charge is 0.387 e. The van der Waals surface area contributed by atoms with E-state index in [0.717, 1.165) is 31.2 Å². The highest BCUT2D eigenvalue weighted by Crippen LogP contribution is 2.51. The van der Waals surface area contributed by atoms with Gasteiger partial charge in [-0.1, -0.05) is 43.7 Å². The Morgan fingerprint density at radius 1 is 1.23 bits per heavy atom. The van der Waals surface area contributed by atoms with Crippen LogP contribution in [0.2, 0.25) is 0 Å². The zero-order valence-electron chi connectivity index (χ0n) is 13.3. The summed E-state index contributed by atoms with van der Waals surface area (Å²) in [6.45, 7) is 3.35. The Morgan fingerprint density at radius 3 is 2.45 bits per heavy atom. The first-order chi connectivity index (χ1) is 10.6. The van der Waals surface area contributed by atoms with E-state index in [-0.39, 0.29) is 17.2 Å². The van der Waals surface area contributed by atoms with Gasteiger partial charge in [0.2, 0.25) is 5.91 Å². The lowest BCUT2D eigenvalue weighted by Gasteiger charge is -2.41. The summed E-state index contributed by atoms with van der Waals surface area (Å²) in [6, 6.07) is 10.2. The molecule has 3 fully saturated rings. The van der Waals surface area contributed by atoms with Crippen molar-refractivity contribution in [2.45, 2.75) is 50.0 Å². The standard InChI is InChI=1S/C19H25NO2/c1-14-12-20(13-19(14,22)16-8-5-9-16)17(21)18(10-11-18)15-6-3-2-4-7-15/h2-4,6-7,14,16,22H,5,8-13H2,1H3/t14-,19+/m1/s1. The molecule has 22 heavy (non-hydrogen) atoms. The van der Waals surface area contributed by atoms with Crippen molar-refractivity contribution in [1.29, 1.82) is 0 Å². The summed E-state index contributed by atoms with van der Waals surface area (Å²) in [4.78, 5) is 15.1. The van der Waals surface area contributed by atoms with Gasteiger partial charge in [-0.25, -0.2) is 0 Å². The van der Waals surface area contributed by atoms with Crippen molar-refractivity contribution in [1.82, 2.24) is 4.90 Å². The van der Waals surface area contributed by atoms with E-state index in [1.54, 1.807) is 0 Å². The predicted octanol–water partition coefficient (Wildman–Crippen LogP) is 2.73. The quantitative estimate of drug-likeness (QED) is 0.932. The van der Waals surface area contributed by atoms with E-state index >= 15 is 0 Å². The zero-order chi connectivity index (χ0) is 15.4. The molecule has 0 radical (unpaired) electrons. The fourth-order valence-electron chi connectivity index (χ4n) is 4.42. The molecule has 1 N–H and O–H groups in total. The molecular formula is C19H25NO2. The summed E-state index contributed by atoms with van der Waals surface area (Å²) in [5.41, 5.74) is 0.193. The molecule has 0 aromatic heterocycles. The molecule has 1 aromatic rings. The van der Waals surface area contributed by atoms with E-state index in [0.29, 0.717) is 19.0 Å². The third-order valence-electron chi connectivity index (χ3n) is 6.38. The zero-order valence-corrected chi connectivity index (χ0v) is 13.3. The van der Waals surface area contributed by atoms with Crippen LogP contribution in [-0.4, -0.2) is 34.6 Å². The summed E-state index contributed by atoms with van der Waals surface area (Å²) in [5, 5.41) is 11.1. The first kappa shape index (κ1) is 14.3. The number of carbonyl (C=O) groups excluding carboxylic acids is 1. The summed E-state index contributed by atoms with van der Waals surface area (Å²) >= 11 is 0. The number of rotatable bonds is 3. The molecule has 4 rings (SSSR count). The number of hydrogen-bond donors (Lipinski definition) is 1. The first-order valence-electron chi connectivity index (χ1n) is 8.63. The van der Waals surface area contributed by atoms with Gasteiger partial charge in [0.15, 0.2) is 0 Å². The molecule has 118 valence electrons. The number of aliphatic hydroxyl groups is 1. The summed E-state index contributed by atoms with van der Waals surface area (Å²) in [6.07, 6.45) is 5.35. The molecule has 1 amide bonds. The van der Waals surface area contributed by atoms with Gasteiger partial charge in [0, 0.05) is 12.5 Å². The molecule has 0 spiro atoms. The second kappa shape index (κ2) is 4.82. The van der Waals surface area contributed by atoms with Crippen LogP contribution >= 0.6 is 0 Å². The highest BCUT2D eigenvalue weighted by molar-refractivity contribution is 5.91. The van der Waals surface area contributed by atoms with Crippen LogP contribution in [0, 0.1) is 11.8 Å². The molecule has 3 heteroatoms. The topological polar surface area (TPSA) is 40.5 Å². The van der Waals surface area contributed by atoms with Crippen molar-refractivity contribution in [2.24, 2.45) is 11.8 Å². The van der Waals surface area contributed by atoms with E-state index in [1.165, 1.54) is 6.42 Å². The molecule has 1 saturated heterocycles. The van der Waals surface area contributed by atoms with Crippen molar-refractivity contribution in [2.75, 3.05) is 13.1 Å². The van der Waals surface area contributed by atoms with Gasteiger partial charge in [-0.3, -0.25) is 4.79 Å². The summed E-state index contributed by atoms with van der Waals surface area (Å²) < 4.78 is 0. The van der Waals surface area contributed by atoms with E-state index in [4.69, 9.17) is 0 Å². The van der Waals surface area contributed by atoms with Crippen LogP contribution in [0.25, 0.3) is 0 Å². The van der Waals surface area contributed by atoms with Crippen LogP contribution in [0.15, 0.2) is 30.3 Å². The van der Waals surface area contributed by atoms with Gasteiger partial charge in [0.1, 0.15) is 0 Å². The molecule has 2 saturated carbocycles. The Morgan fingerprint density at radius 2 is 1.91 bits per heavy atom. The summed E-state index contributed by atoms with van der Waals surface area (Å²) in [7, 11) is 0. The number of nitrogens with zero attached hydrogens (tertiary/aromatic N) is 1. The molecule has 0 bridgehead atoms. The third kappa shape index (κ3) is 1.95. The van der Waals surface area contributed by atoms with Gasteiger partial charge >= 0.3 is 0 Å². The maximum atomic E-state index is 13.1. The molecule has 1 aromatic carbocycles. The lowest BCUT2D eigenvalue weighted by Crippen LogP contribution is -2.48. The SMILES string of the molecule is C[C@@H]1CN(C(=O)C2(c3ccccc3)CC2)C[C@@]1(O)C1CCC1. The maximum absolute atomic E-state index is 13.1. The Hall–Kier alpha value is -1.35. The predicted molar refractivity (Wildman–Crippen MR) is 85.4 cm³/mol. The summed E-state index contributed by atoms with van der Waals surface area (Å²) in [5.74, 6) is 0.821. The Balaban J connectivity index is 1.55. The number of likely N-dealkylation sites (tertiary alicyclic amines) is 1. The van der Waals surface area contributed by atoms with Crippen molar-refractivity contribution in [3.05, 3.63) is 35.9 Å². The number of carbonyl (C=O) groups is 1. The second-order valence-corrected chi connectivity index (χ2v) is 7.65. The van der Waals surface area contributed by atoms with Crippen LogP contribution in [-0.2, 0) is 10.2 Å². The molecule has 1 aliphatic heterocycles. The molecule has 1 heterocycles. The van der Waals surface area contributed by atoms with Crippen LogP contribution in [0.1, 0.15) is 44.6 Å². The van der Waals surface area contributed by atoms with Gasteiger partial charge in [0.05, 0.1) is 17.6 Å². The highest BCUT2D eigenvalue weighted by Gasteiger charge is 2.57. The van der Waals surface area contributed by atoms with Gasteiger partial charge in [-0.15, -0.1) is 0 Å². The number of hydrogen-bond acceptors (Lipinski definition) is 2. The molecule has 2 atom stereocenters. The van der Waals surface area contributed by atoms with Gasteiger partial charge in [-0.05, 0) is 37.2 Å². The molecule has 0 unspecified atom stereocenters. The van der Waals surface area contributed by atoms with Crippen LogP contribution < -0.4 is 0 Å². The second-order valence-electron chi connectivity index (χ2n) is 7.65. The first-order valence-corrected chi connectivity index (χ1v) is 8.63.